The molecule has 0 radical (unpaired) electrons. The monoisotopic (exact) mass is 335 g/mol. The van der Waals surface area contributed by atoms with Gasteiger partial charge in [0.2, 0.25) is 0 Å². The van der Waals surface area contributed by atoms with Crippen LogP contribution < -0.4 is 5.32 Å². The highest BCUT2D eigenvalue weighted by Gasteiger charge is 2.12. The number of aromatic nitrogens is 1. The van der Waals surface area contributed by atoms with Gasteiger partial charge in [0.05, 0.1) is 7.05 Å². The van der Waals surface area contributed by atoms with Gasteiger partial charge in [-0.25, -0.2) is 0 Å². The van der Waals surface area contributed by atoms with Crippen LogP contribution in [0.15, 0.2) is 48.5 Å². The first-order valence-corrected chi connectivity index (χ1v) is 9.42. The Morgan fingerprint density at radius 3 is 2.54 bits per heavy atom. The van der Waals surface area contributed by atoms with E-state index in [9.17, 15) is 0 Å². The van der Waals surface area contributed by atoms with Gasteiger partial charge < -0.3 is 9.88 Å². The van der Waals surface area contributed by atoms with Gasteiger partial charge in [0.1, 0.15) is 6.54 Å². The molecule has 0 atom stereocenters. The number of rotatable bonds is 4. The van der Waals surface area contributed by atoms with Crippen molar-refractivity contribution in [1.82, 2.24) is 4.57 Å². The van der Waals surface area contributed by atoms with Crippen molar-refractivity contribution in [3.63, 3.8) is 0 Å². The minimum Gasteiger partial charge on any atom is -0.345 e. The molecule has 2 N–H and O–H groups in total. The van der Waals surface area contributed by atoms with Crippen molar-refractivity contribution >= 4 is 33.1 Å². The number of fused-ring (bicyclic) bond motifs is 3. The van der Waals surface area contributed by atoms with Crippen LogP contribution in [0.5, 0.6) is 0 Å². The van der Waals surface area contributed by atoms with E-state index >= 15 is 0 Å². The molecule has 0 bridgehead atoms. The maximum atomic E-state index is 2.44. The summed E-state index contributed by atoms with van der Waals surface area (Å²) < 4.78 is 2.44. The van der Waals surface area contributed by atoms with Crippen LogP contribution in [0.2, 0.25) is 0 Å². The van der Waals surface area contributed by atoms with Gasteiger partial charge in [0.25, 0.3) is 0 Å². The van der Waals surface area contributed by atoms with E-state index in [-0.39, 0.29) is 0 Å². The Labute approximate surface area is 146 Å². The number of nitrogens with two attached hydrogens (primary N) is 1. The Morgan fingerprint density at radius 1 is 0.958 bits per heavy atom. The third-order valence-electron chi connectivity index (χ3n) is 4.71. The number of nitrogens with zero attached hydrogens (tertiary/aromatic N) is 1. The van der Waals surface area contributed by atoms with Crippen LogP contribution in [0.25, 0.3) is 32.2 Å². The van der Waals surface area contributed by atoms with Gasteiger partial charge in [-0.2, -0.15) is 0 Å². The molecular weight excluding hydrogens is 312 g/mol. The topological polar surface area (TPSA) is 21.5 Å². The van der Waals surface area contributed by atoms with Crippen molar-refractivity contribution in [2.24, 2.45) is 0 Å². The molecule has 0 unspecified atom stereocenters. The zero-order valence-electron chi connectivity index (χ0n) is 14.5. The van der Waals surface area contributed by atoms with E-state index in [1.165, 1.54) is 42.7 Å². The molecule has 0 saturated carbocycles. The fourth-order valence-corrected chi connectivity index (χ4v) is 4.46. The lowest BCUT2D eigenvalue weighted by Gasteiger charge is -2.04. The molecule has 0 aliphatic heterocycles. The predicted octanol–water partition coefficient (Wildman–Crippen LogP) is 4.54. The van der Waals surface area contributed by atoms with Crippen molar-refractivity contribution in [3.05, 3.63) is 59.0 Å². The van der Waals surface area contributed by atoms with Gasteiger partial charge in [-0.05, 0) is 49.7 Å². The van der Waals surface area contributed by atoms with Gasteiger partial charge in [-0.15, -0.1) is 11.3 Å². The third-order valence-corrected chi connectivity index (χ3v) is 5.76. The molecule has 0 fully saturated rings. The van der Waals surface area contributed by atoms with Crippen molar-refractivity contribution < 1.29 is 5.32 Å². The number of aryl methyl sites for hydroxylation is 2. The van der Waals surface area contributed by atoms with Crippen LogP contribution in [0.1, 0.15) is 17.4 Å². The normalized spacial score (nSPS) is 11.6. The summed E-state index contributed by atoms with van der Waals surface area (Å²) in [7, 11) is 2.12. The van der Waals surface area contributed by atoms with E-state index in [0.717, 1.165) is 13.1 Å². The SMILES string of the molecule is CCn1c2ccc(C[NH2+]C)cc2c2ccc(-c3ccc(C)s3)cc21. The molecule has 0 saturated heterocycles. The van der Waals surface area contributed by atoms with Gasteiger partial charge in [-0.3, -0.25) is 0 Å². The molecule has 0 aliphatic carbocycles. The van der Waals surface area contributed by atoms with Crippen molar-refractivity contribution in [2.45, 2.75) is 26.9 Å². The highest BCUT2D eigenvalue weighted by atomic mass is 32.1. The summed E-state index contributed by atoms with van der Waals surface area (Å²) in [6.45, 7) is 6.42. The first-order valence-electron chi connectivity index (χ1n) is 8.60. The molecule has 0 amide bonds. The molecule has 0 spiro atoms. The van der Waals surface area contributed by atoms with Crippen LogP contribution in [0, 0.1) is 6.92 Å². The second kappa shape index (κ2) is 6.08. The van der Waals surface area contributed by atoms with Crippen LogP contribution in [-0.4, -0.2) is 11.6 Å². The average Bonchev–Trinajstić information content (AvgIpc) is 3.15. The lowest BCUT2D eigenvalue weighted by atomic mass is 10.1. The van der Waals surface area contributed by atoms with E-state index in [4.69, 9.17) is 0 Å². The molecule has 0 aliphatic rings. The Morgan fingerprint density at radius 2 is 1.83 bits per heavy atom. The van der Waals surface area contributed by atoms with Gasteiger partial charge >= 0.3 is 0 Å². The molecule has 2 aromatic carbocycles. The second-order valence-electron chi connectivity index (χ2n) is 6.35. The molecule has 4 rings (SSSR count). The Kier molecular flexibility index (Phi) is 3.91. The maximum absolute atomic E-state index is 2.44. The van der Waals surface area contributed by atoms with E-state index in [1.54, 1.807) is 0 Å². The number of hydrogen-bond acceptors (Lipinski definition) is 1. The molecule has 4 aromatic rings. The first-order chi connectivity index (χ1) is 11.7. The average molecular weight is 335 g/mol. The molecule has 2 heterocycles. The minimum absolute atomic E-state index is 0.992. The standard InChI is InChI=1S/C21H22N2S/c1-4-23-19-9-6-15(13-22-3)11-18(19)17-8-7-16(12-20(17)23)21-10-5-14(2)24-21/h5-12,22H,4,13H2,1-3H3/p+1. The van der Waals surface area contributed by atoms with Crippen molar-refractivity contribution in [1.29, 1.82) is 0 Å². The van der Waals surface area contributed by atoms with Gasteiger partial charge in [0, 0.05) is 43.7 Å². The number of hydrogen-bond donors (Lipinski definition) is 1. The number of benzene rings is 2. The van der Waals surface area contributed by atoms with E-state index in [2.05, 4.69) is 79.3 Å². The van der Waals surface area contributed by atoms with Crippen LogP contribution in [0.3, 0.4) is 0 Å². The van der Waals surface area contributed by atoms with E-state index in [0.29, 0.717) is 0 Å². The Balaban J connectivity index is 1.97. The highest BCUT2D eigenvalue weighted by molar-refractivity contribution is 7.15. The molecule has 3 heteroatoms. The summed E-state index contributed by atoms with van der Waals surface area (Å²) >= 11 is 1.87. The molecule has 2 nitrogen and oxygen atoms in total. The van der Waals surface area contributed by atoms with Crippen LogP contribution in [-0.2, 0) is 13.1 Å². The smallest absolute Gasteiger partial charge is 0.101 e. The second-order valence-corrected chi connectivity index (χ2v) is 7.64. The largest absolute Gasteiger partial charge is 0.345 e. The number of quaternary nitrogens is 1. The summed E-state index contributed by atoms with van der Waals surface area (Å²) in [4.78, 5) is 2.71. The predicted molar refractivity (Wildman–Crippen MR) is 105 cm³/mol. The number of thiophene rings is 1. The van der Waals surface area contributed by atoms with E-state index in [1.807, 2.05) is 11.3 Å². The van der Waals surface area contributed by atoms with E-state index < -0.39 is 0 Å². The van der Waals surface area contributed by atoms with Crippen LogP contribution >= 0.6 is 11.3 Å². The van der Waals surface area contributed by atoms with Crippen molar-refractivity contribution in [2.75, 3.05) is 7.05 Å². The molecule has 2 aromatic heterocycles. The quantitative estimate of drug-likeness (QED) is 0.565. The van der Waals surface area contributed by atoms with Crippen molar-refractivity contribution in [3.8, 4) is 10.4 Å². The highest BCUT2D eigenvalue weighted by Crippen LogP contribution is 2.35. The summed E-state index contributed by atoms with van der Waals surface area (Å²) in [6, 6.07) is 18.3. The fraction of sp³-hybridized carbons (Fsp3) is 0.238. The lowest BCUT2D eigenvalue weighted by molar-refractivity contribution is -0.643. The zero-order valence-corrected chi connectivity index (χ0v) is 15.3. The van der Waals surface area contributed by atoms with Gasteiger partial charge in [0.15, 0.2) is 0 Å². The summed E-state index contributed by atoms with van der Waals surface area (Å²) in [5.74, 6) is 0. The lowest BCUT2D eigenvalue weighted by Crippen LogP contribution is -2.77. The fourth-order valence-electron chi connectivity index (χ4n) is 3.59. The summed E-state index contributed by atoms with van der Waals surface area (Å²) in [5, 5.41) is 4.96. The van der Waals surface area contributed by atoms with Crippen LogP contribution in [0.4, 0.5) is 0 Å². The molecule has 24 heavy (non-hydrogen) atoms. The maximum Gasteiger partial charge on any atom is 0.101 e. The first kappa shape index (κ1) is 15.4. The third kappa shape index (κ3) is 2.45. The molecule has 122 valence electrons. The summed E-state index contributed by atoms with van der Waals surface area (Å²) in [6.07, 6.45) is 0. The summed E-state index contributed by atoms with van der Waals surface area (Å²) in [5.41, 5.74) is 5.39. The van der Waals surface area contributed by atoms with Gasteiger partial charge in [-0.1, -0.05) is 18.2 Å². The Bertz CT molecular complexity index is 1020. The molecular formula is C21H23N2S+. The Hall–Kier alpha value is -2.10. The minimum atomic E-state index is 0.992. The zero-order chi connectivity index (χ0) is 16.7.